The third kappa shape index (κ3) is 3.15. The fourth-order valence-corrected chi connectivity index (χ4v) is 2.52. The lowest BCUT2D eigenvalue weighted by atomic mass is 10.1. The minimum atomic E-state index is -1.57. The normalized spacial score (nSPS) is 22.9. The maximum Gasteiger partial charge on any atom is 0.254 e. The number of hydrogen-bond donors (Lipinski definition) is 0. The smallest absolute Gasteiger partial charge is 0.254 e. The quantitative estimate of drug-likeness (QED) is 0.605. The average Bonchev–Trinajstić information content (AvgIpc) is 2.42. The summed E-state index contributed by atoms with van der Waals surface area (Å²) in [7, 11) is 0. The van der Waals surface area contributed by atoms with Gasteiger partial charge in [-0.05, 0) is 19.1 Å². The van der Waals surface area contributed by atoms with E-state index in [1.807, 2.05) is 0 Å². The van der Waals surface area contributed by atoms with E-state index in [-0.39, 0.29) is 17.8 Å². The van der Waals surface area contributed by atoms with E-state index in [2.05, 4.69) is 15.9 Å². The number of carbonyl (C=O) groups excluding carboxylic acids is 1. The van der Waals surface area contributed by atoms with Gasteiger partial charge in [-0.25, -0.2) is 13.2 Å². The number of amides is 1. The molecule has 1 aromatic rings. The molecule has 1 aromatic carbocycles. The second-order valence-electron chi connectivity index (χ2n) is 4.69. The monoisotopic (exact) mass is 351 g/mol. The number of hydrogen-bond acceptors (Lipinski definition) is 2. The molecule has 1 aliphatic rings. The molecule has 0 aromatic heterocycles. The van der Waals surface area contributed by atoms with Crippen LogP contribution in [-0.4, -0.2) is 41.4 Å². The van der Waals surface area contributed by atoms with Crippen LogP contribution in [0.4, 0.5) is 13.2 Å². The highest BCUT2D eigenvalue weighted by atomic mass is 79.9. The molecule has 0 saturated carbocycles. The summed E-state index contributed by atoms with van der Waals surface area (Å²) in [4.78, 5) is 13.7. The first-order chi connectivity index (χ1) is 9.42. The fraction of sp³-hybridized carbons (Fsp3) is 0.462. The molecule has 0 N–H and O–H groups in total. The number of rotatable bonds is 2. The minimum absolute atomic E-state index is 0.176. The van der Waals surface area contributed by atoms with Crippen molar-refractivity contribution in [3.8, 4) is 0 Å². The molecule has 1 saturated heterocycles. The molecule has 0 spiro atoms. The van der Waals surface area contributed by atoms with Crippen molar-refractivity contribution in [2.75, 3.05) is 18.4 Å². The van der Waals surface area contributed by atoms with E-state index in [9.17, 15) is 18.0 Å². The van der Waals surface area contributed by atoms with Gasteiger partial charge in [-0.2, -0.15) is 0 Å². The summed E-state index contributed by atoms with van der Waals surface area (Å²) in [5.41, 5.74) is -0.205. The number of nitrogens with zero attached hydrogens (tertiary/aromatic N) is 1. The Hall–Kier alpha value is -1.08. The Balaban J connectivity index is 2.22. The molecule has 0 aliphatic carbocycles. The van der Waals surface area contributed by atoms with Crippen LogP contribution in [0, 0.1) is 17.5 Å². The molecule has 2 rings (SSSR count). The first kappa shape index (κ1) is 15.3. The van der Waals surface area contributed by atoms with Crippen molar-refractivity contribution in [3.05, 3.63) is 35.1 Å². The third-order valence-electron chi connectivity index (χ3n) is 3.02. The Morgan fingerprint density at radius 3 is 2.50 bits per heavy atom. The summed E-state index contributed by atoms with van der Waals surface area (Å²) in [5.74, 6) is -4.85. The van der Waals surface area contributed by atoms with E-state index in [0.717, 1.165) is 0 Å². The largest absolute Gasteiger partial charge is 0.371 e. The van der Waals surface area contributed by atoms with E-state index in [0.29, 0.717) is 30.6 Å². The predicted molar refractivity (Wildman–Crippen MR) is 70.3 cm³/mol. The van der Waals surface area contributed by atoms with Crippen LogP contribution in [0.3, 0.4) is 0 Å². The molecule has 1 heterocycles. The van der Waals surface area contributed by atoms with Crippen molar-refractivity contribution in [1.82, 2.24) is 4.90 Å². The Labute approximate surface area is 122 Å². The van der Waals surface area contributed by atoms with Gasteiger partial charge in [0.05, 0.1) is 12.2 Å². The number of ether oxygens (including phenoxy) is 1. The van der Waals surface area contributed by atoms with Gasteiger partial charge in [0.2, 0.25) is 0 Å². The van der Waals surface area contributed by atoms with E-state index < -0.39 is 23.4 Å². The minimum Gasteiger partial charge on any atom is -0.371 e. The van der Waals surface area contributed by atoms with Gasteiger partial charge in [-0.15, -0.1) is 0 Å². The van der Waals surface area contributed by atoms with Crippen LogP contribution in [0.5, 0.6) is 0 Å². The molecule has 1 aliphatic heterocycles. The molecule has 0 radical (unpaired) electrons. The summed E-state index contributed by atoms with van der Waals surface area (Å²) in [6, 6.07) is 1.42. The van der Waals surface area contributed by atoms with Crippen molar-refractivity contribution < 1.29 is 22.7 Å². The molecule has 110 valence electrons. The topological polar surface area (TPSA) is 29.5 Å². The van der Waals surface area contributed by atoms with Gasteiger partial charge in [-0.1, -0.05) is 15.9 Å². The molecule has 1 fully saturated rings. The zero-order chi connectivity index (χ0) is 14.9. The predicted octanol–water partition coefficient (Wildman–Crippen LogP) is 2.73. The van der Waals surface area contributed by atoms with E-state index >= 15 is 0 Å². The van der Waals surface area contributed by atoms with Gasteiger partial charge in [0, 0.05) is 24.0 Å². The first-order valence-corrected chi connectivity index (χ1v) is 7.19. The van der Waals surface area contributed by atoms with Crippen LogP contribution < -0.4 is 0 Å². The van der Waals surface area contributed by atoms with E-state index in [1.54, 1.807) is 6.92 Å². The molecule has 0 bridgehead atoms. The lowest BCUT2D eigenvalue weighted by Crippen LogP contribution is -2.49. The highest BCUT2D eigenvalue weighted by Gasteiger charge is 2.29. The highest BCUT2D eigenvalue weighted by molar-refractivity contribution is 9.09. The van der Waals surface area contributed by atoms with Gasteiger partial charge in [0.25, 0.3) is 5.91 Å². The van der Waals surface area contributed by atoms with Crippen molar-refractivity contribution >= 4 is 21.8 Å². The molecule has 7 heteroatoms. The maximum absolute atomic E-state index is 13.2. The van der Waals surface area contributed by atoms with Gasteiger partial charge in [-0.3, -0.25) is 4.79 Å². The molecule has 2 atom stereocenters. The third-order valence-corrected chi connectivity index (χ3v) is 3.74. The Morgan fingerprint density at radius 2 is 1.95 bits per heavy atom. The molecule has 2 unspecified atom stereocenters. The summed E-state index contributed by atoms with van der Waals surface area (Å²) in [6.45, 7) is 2.44. The van der Waals surface area contributed by atoms with Gasteiger partial charge >= 0.3 is 0 Å². The SMILES string of the molecule is CC1CN(C(=O)c2cc(F)c(F)c(F)c2)CC(CBr)O1. The molecular weight excluding hydrogens is 339 g/mol. The maximum atomic E-state index is 13.2. The summed E-state index contributed by atoms with van der Waals surface area (Å²) in [5, 5.41) is 0.549. The molecular formula is C13H13BrF3NO2. The number of benzene rings is 1. The van der Waals surface area contributed by atoms with Crippen molar-refractivity contribution in [3.63, 3.8) is 0 Å². The number of morpholine rings is 1. The van der Waals surface area contributed by atoms with Crippen molar-refractivity contribution in [2.24, 2.45) is 0 Å². The van der Waals surface area contributed by atoms with E-state index in [1.165, 1.54) is 4.90 Å². The lowest BCUT2D eigenvalue weighted by Gasteiger charge is -2.36. The summed E-state index contributed by atoms with van der Waals surface area (Å²) < 4.78 is 44.8. The Kier molecular flexibility index (Phi) is 4.70. The zero-order valence-electron chi connectivity index (χ0n) is 10.7. The van der Waals surface area contributed by atoms with Crippen LogP contribution >= 0.6 is 15.9 Å². The van der Waals surface area contributed by atoms with Crippen molar-refractivity contribution in [1.29, 1.82) is 0 Å². The summed E-state index contributed by atoms with van der Waals surface area (Å²) >= 11 is 3.27. The standard InChI is InChI=1S/C13H13BrF3NO2/c1-7-5-18(6-9(4-14)20-7)13(19)8-2-10(15)12(17)11(16)3-8/h2-3,7,9H,4-6H2,1H3. The highest BCUT2D eigenvalue weighted by Crippen LogP contribution is 2.19. The Bertz CT molecular complexity index is 503. The van der Waals surface area contributed by atoms with Crippen LogP contribution in [0.25, 0.3) is 0 Å². The van der Waals surface area contributed by atoms with Crippen LogP contribution in [0.15, 0.2) is 12.1 Å². The average molecular weight is 352 g/mol. The number of halogens is 4. The van der Waals surface area contributed by atoms with Crippen LogP contribution in [-0.2, 0) is 4.74 Å². The first-order valence-electron chi connectivity index (χ1n) is 6.07. The van der Waals surface area contributed by atoms with Gasteiger partial charge in [0.15, 0.2) is 17.5 Å². The Morgan fingerprint density at radius 1 is 1.35 bits per heavy atom. The fourth-order valence-electron chi connectivity index (χ4n) is 2.16. The summed E-state index contributed by atoms with van der Waals surface area (Å²) in [6.07, 6.45) is -0.358. The van der Waals surface area contributed by atoms with Gasteiger partial charge in [0.1, 0.15) is 0 Å². The van der Waals surface area contributed by atoms with E-state index in [4.69, 9.17) is 4.74 Å². The lowest BCUT2D eigenvalue weighted by molar-refractivity contribution is -0.0559. The second kappa shape index (κ2) is 6.13. The van der Waals surface area contributed by atoms with Crippen LogP contribution in [0.2, 0.25) is 0 Å². The molecule has 3 nitrogen and oxygen atoms in total. The molecule has 1 amide bonds. The number of alkyl halides is 1. The zero-order valence-corrected chi connectivity index (χ0v) is 12.3. The number of carbonyl (C=O) groups is 1. The van der Waals surface area contributed by atoms with Gasteiger partial charge < -0.3 is 9.64 Å². The molecule has 20 heavy (non-hydrogen) atoms. The van der Waals surface area contributed by atoms with Crippen molar-refractivity contribution in [2.45, 2.75) is 19.1 Å². The van der Waals surface area contributed by atoms with Crippen LogP contribution in [0.1, 0.15) is 17.3 Å². The second-order valence-corrected chi connectivity index (χ2v) is 5.33.